The molecule has 3 nitrogen and oxygen atoms in total. The Labute approximate surface area is 118 Å². The van der Waals surface area contributed by atoms with Gasteiger partial charge in [-0.1, -0.05) is 27.2 Å². The zero-order chi connectivity index (χ0) is 14.7. The third kappa shape index (κ3) is 3.50. The van der Waals surface area contributed by atoms with Crippen LogP contribution in [0.4, 0.5) is 0 Å². The van der Waals surface area contributed by atoms with Crippen LogP contribution in [-0.4, -0.2) is 34.6 Å². The predicted octanol–water partition coefficient (Wildman–Crippen LogP) is 2.58. The van der Waals surface area contributed by atoms with E-state index in [2.05, 4.69) is 20.8 Å². The topological polar surface area (TPSA) is 60.7 Å². The summed E-state index contributed by atoms with van der Waals surface area (Å²) in [5, 5.41) is 28.9. The molecule has 19 heavy (non-hydrogen) atoms. The van der Waals surface area contributed by atoms with E-state index in [0.717, 1.165) is 12.8 Å². The van der Waals surface area contributed by atoms with Crippen molar-refractivity contribution in [1.82, 2.24) is 0 Å². The Kier molecular flexibility index (Phi) is 5.84. The maximum Gasteiger partial charge on any atom is 0.0546 e. The quantitative estimate of drug-likeness (QED) is 0.696. The van der Waals surface area contributed by atoms with Crippen LogP contribution >= 0.6 is 0 Å². The van der Waals surface area contributed by atoms with Crippen molar-refractivity contribution in [2.75, 3.05) is 13.2 Å². The molecule has 114 valence electrons. The SMILES string of the molecule is CC(O)C(CCO)[C@@]1(C)CCCC(C)(C)[C@@H]1CCO. The minimum atomic E-state index is -0.410. The van der Waals surface area contributed by atoms with Gasteiger partial charge < -0.3 is 15.3 Å². The van der Waals surface area contributed by atoms with Gasteiger partial charge in [0.05, 0.1) is 6.10 Å². The lowest BCUT2D eigenvalue weighted by molar-refractivity contribution is -0.0924. The summed E-state index contributed by atoms with van der Waals surface area (Å²) in [5.41, 5.74) is 0.194. The van der Waals surface area contributed by atoms with E-state index in [4.69, 9.17) is 0 Å². The van der Waals surface area contributed by atoms with Crippen LogP contribution in [-0.2, 0) is 0 Å². The summed E-state index contributed by atoms with van der Waals surface area (Å²) >= 11 is 0. The minimum Gasteiger partial charge on any atom is -0.396 e. The molecule has 0 aromatic carbocycles. The Morgan fingerprint density at radius 1 is 1.11 bits per heavy atom. The first-order valence-corrected chi connectivity index (χ1v) is 7.69. The van der Waals surface area contributed by atoms with Gasteiger partial charge in [0.25, 0.3) is 0 Å². The van der Waals surface area contributed by atoms with E-state index in [-0.39, 0.29) is 30.0 Å². The van der Waals surface area contributed by atoms with E-state index in [1.807, 2.05) is 6.92 Å². The molecule has 1 saturated carbocycles. The number of aliphatic hydroxyl groups excluding tert-OH is 3. The van der Waals surface area contributed by atoms with Crippen molar-refractivity contribution < 1.29 is 15.3 Å². The van der Waals surface area contributed by atoms with E-state index >= 15 is 0 Å². The second-order valence-corrected chi connectivity index (χ2v) is 7.27. The monoisotopic (exact) mass is 272 g/mol. The zero-order valence-corrected chi connectivity index (χ0v) is 13.0. The van der Waals surface area contributed by atoms with E-state index < -0.39 is 6.10 Å². The van der Waals surface area contributed by atoms with Crippen molar-refractivity contribution >= 4 is 0 Å². The fourth-order valence-corrected chi connectivity index (χ4v) is 4.72. The average molecular weight is 272 g/mol. The van der Waals surface area contributed by atoms with Gasteiger partial charge in [-0.2, -0.15) is 0 Å². The van der Waals surface area contributed by atoms with Gasteiger partial charge in [-0.05, 0) is 55.3 Å². The number of aliphatic hydroxyl groups is 3. The summed E-state index contributed by atoms with van der Waals surface area (Å²) in [7, 11) is 0. The van der Waals surface area contributed by atoms with Crippen LogP contribution in [0.1, 0.15) is 59.8 Å². The molecule has 1 aliphatic carbocycles. The molecule has 0 aromatic heterocycles. The normalized spacial score (nSPS) is 33.9. The molecule has 0 aromatic rings. The van der Waals surface area contributed by atoms with Crippen molar-refractivity contribution in [3.8, 4) is 0 Å². The molecular formula is C16H32O3. The second kappa shape index (κ2) is 6.55. The maximum absolute atomic E-state index is 10.1. The van der Waals surface area contributed by atoms with Gasteiger partial charge in [0.1, 0.15) is 0 Å². The average Bonchev–Trinajstić information content (AvgIpc) is 2.30. The van der Waals surface area contributed by atoms with E-state index in [1.54, 1.807) is 0 Å². The highest BCUT2D eigenvalue weighted by atomic mass is 16.3. The highest BCUT2D eigenvalue weighted by molar-refractivity contribution is 4.99. The van der Waals surface area contributed by atoms with Gasteiger partial charge in [0.2, 0.25) is 0 Å². The van der Waals surface area contributed by atoms with Gasteiger partial charge >= 0.3 is 0 Å². The van der Waals surface area contributed by atoms with E-state index in [0.29, 0.717) is 12.3 Å². The zero-order valence-electron chi connectivity index (χ0n) is 13.0. The minimum absolute atomic E-state index is 0.00137. The second-order valence-electron chi connectivity index (χ2n) is 7.27. The van der Waals surface area contributed by atoms with Crippen LogP contribution in [0.3, 0.4) is 0 Å². The standard InChI is InChI=1S/C16H32O3/c1-12(19)13(6-10-17)16(4)9-5-8-15(2,3)14(16)7-11-18/h12-14,17-19H,5-11H2,1-4H3/t12?,13?,14-,16+/m0/s1. The highest BCUT2D eigenvalue weighted by Crippen LogP contribution is 2.57. The molecule has 0 aliphatic heterocycles. The smallest absolute Gasteiger partial charge is 0.0546 e. The Hall–Kier alpha value is -0.120. The van der Waals surface area contributed by atoms with Crippen LogP contribution in [0.2, 0.25) is 0 Å². The van der Waals surface area contributed by atoms with Gasteiger partial charge in [0.15, 0.2) is 0 Å². The molecule has 0 heterocycles. The molecule has 0 amide bonds. The summed E-state index contributed by atoms with van der Waals surface area (Å²) in [6.45, 7) is 8.98. The molecule has 3 heteroatoms. The van der Waals surface area contributed by atoms with Gasteiger partial charge in [-0.15, -0.1) is 0 Å². The third-order valence-electron chi connectivity index (χ3n) is 5.56. The van der Waals surface area contributed by atoms with Crippen molar-refractivity contribution in [3.63, 3.8) is 0 Å². The van der Waals surface area contributed by atoms with Crippen molar-refractivity contribution in [1.29, 1.82) is 0 Å². The summed E-state index contributed by atoms with van der Waals surface area (Å²) < 4.78 is 0. The van der Waals surface area contributed by atoms with Crippen LogP contribution in [0.15, 0.2) is 0 Å². The van der Waals surface area contributed by atoms with Gasteiger partial charge in [-0.25, -0.2) is 0 Å². The molecule has 4 atom stereocenters. The Bertz CT molecular complexity index is 275. The van der Waals surface area contributed by atoms with Gasteiger partial charge in [-0.3, -0.25) is 0 Å². The fourth-order valence-electron chi connectivity index (χ4n) is 4.72. The molecule has 0 bridgehead atoms. The molecular weight excluding hydrogens is 240 g/mol. The first-order chi connectivity index (χ1) is 8.79. The Morgan fingerprint density at radius 3 is 2.21 bits per heavy atom. The molecule has 1 fully saturated rings. The number of hydrogen-bond acceptors (Lipinski definition) is 3. The number of rotatable bonds is 6. The van der Waals surface area contributed by atoms with E-state index in [9.17, 15) is 15.3 Å². The van der Waals surface area contributed by atoms with Crippen LogP contribution in [0.25, 0.3) is 0 Å². The predicted molar refractivity (Wildman–Crippen MR) is 77.8 cm³/mol. The third-order valence-corrected chi connectivity index (χ3v) is 5.56. The largest absolute Gasteiger partial charge is 0.396 e. The van der Waals surface area contributed by atoms with Crippen molar-refractivity contribution in [2.24, 2.45) is 22.7 Å². The lowest BCUT2D eigenvalue weighted by Crippen LogP contribution is -2.49. The van der Waals surface area contributed by atoms with Crippen molar-refractivity contribution in [3.05, 3.63) is 0 Å². The number of hydrogen-bond donors (Lipinski definition) is 3. The highest BCUT2D eigenvalue weighted by Gasteiger charge is 2.50. The molecule has 2 unspecified atom stereocenters. The first-order valence-electron chi connectivity index (χ1n) is 7.69. The lowest BCUT2D eigenvalue weighted by Gasteiger charge is -2.55. The molecule has 0 saturated heterocycles. The van der Waals surface area contributed by atoms with Crippen LogP contribution in [0.5, 0.6) is 0 Å². The summed E-state index contributed by atoms with van der Waals surface area (Å²) in [4.78, 5) is 0. The summed E-state index contributed by atoms with van der Waals surface area (Å²) in [5.74, 6) is 0.499. The fraction of sp³-hybridized carbons (Fsp3) is 1.00. The molecule has 0 spiro atoms. The maximum atomic E-state index is 10.1. The Balaban J connectivity index is 3.07. The van der Waals surface area contributed by atoms with Crippen LogP contribution in [0, 0.1) is 22.7 Å². The lowest BCUT2D eigenvalue weighted by atomic mass is 9.50. The molecule has 3 N–H and O–H groups in total. The molecule has 1 rings (SSSR count). The first kappa shape index (κ1) is 16.9. The molecule has 1 aliphatic rings. The summed E-state index contributed by atoms with van der Waals surface area (Å²) in [6.07, 6.45) is 4.45. The summed E-state index contributed by atoms with van der Waals surface area (Å²) in [6, 6.07) is 0. The molecule has 0 radical (unpaired) electrons. The van der Waals surface area contributed by atoms with Crippen molar-refractivity contribution in [2.45, 2.75) is 65.9 Å². The Morgan fingerprint density at radius 2 is 1.74 bits per heavy atom. The van der Waals surface area contributed by atoms with Crippen LogP contribution < -0.4 is 0 Å². The van der Waals surface area contributed by atoms with E-state index in [1.165, 1.54) is 12.8 Å². The van der Waals surface area contributed by atoms with Gasteiger partial charge in [0, 0.05) is 13.2 Å².